The van der Waals surface area contributed by atoms with E-state index in [9.17, 15) is 23.1 Å². The summed E-state index contributed by atoms with van der Waals surface area (Å²) in [6, 6.07) is 0. The number of esters is 1. The lowest BCUT2D eigenvalue weighted by atomic mass is 9.46. The minimum Gasteiger partial charge on any atom is -0.462 e. The Kier molecular flexibility index (Phi) is 7.31. The van der Waals surface area contributed by atoms with Gasteiger partial charge >= 0.3 is 12.1 Å². The summed E-state index contributed by atoms with van der Waals surface area (Å²) in [5, 5.41) is 10.3. The van der Waals surface area contributed by atoms with Gasteiger partial charge in [0.2, 0.25) is 0 Å². The number of rotatable bonds is 1. The molecule has 6 fully saturated rings. The normalized spacial score (nSPS) is 50.4. The van der Waals surface area contributed by atoms with E-state index in [1.165, 1.54) is 6.92 Å². The molecule has 39 heavy (non-hydrogen) atoms. The summed E-state index contributed by atoms with van der Waals surface area (Å²) < 4.78 is 52.2. The maximum absolute atomic E-state index is 13.6. The molecule has 1 N–H and O–H groups in total. The van der Waals surface area contributed by atoms with Crippen LogP contribution in [0.25, 0.3) is 0 Å². The van der Waals surface area contributed by atoms with Crippen LogP contribution in [-0.2, 0) is 14.3 Å². The Hall–Kier alpha value is -1.70. The molecule has 4 nitrogen and oxygen atoms in total. The van der Waals surface area contributed by atoms with Gasteiger partial charge in [-0.3, -0.25) is 4.79 Å². The van der Waals surface area contributed by atoms with Gasteiger partial charge in [-0.15, -0.1) is 25.7 Å². The Morgan fingerprint density at radius 3 is 2.13 bits per heavy atom. The van der Waals surface area contributed by atoms with Crippen LogP contribution in [0.4, 0.5) is 13.2 Å². The van der Waals surface area contributed by atoms with Gasteiger partial charge in [-0.2, -0.15) is 13.2 Å². The maximum Gasteiger partial charge on any atom is 0.443 e. The molecule has 1 aliphatic heterocycles. The molecule has 5 saturated carbocycles. The lowest BCUT2D eigenvalue weighted by molar-refractivity contribution is -0.395. The van der Waals surface area contributed by atoms with Gasteiger partial charge in [0.25, 0.3) is 5.79 Å². The van der Waals surface area contributed by atoms with Gasteiger partial charge in [-0.05, 0) is 97.2 Å². The average Bonchev–Trinajstić information content (AvgIpc) is 3.26. The highest BCUT2D eigenvalue weighted by molar-refractivity contribution is 5.66. The minimum atomic E-state index is -4.76. The minimum absolute atomic E-state index is 0.0195. The first-order chi connectivity index (χ1) is 18.2. The predicted molar refractivity (Wildman–Crippen MR) is 143 cm³/mol. The molecule has 6 rings (SSSR count). The number of terminal acetylenes is 2. The number of hydrogen-bond acceptors (Lipinski definition) is 4. The molecular weight excluding hydrogens is 505 g/mol. The molecule has 0 aromatic rings. The molecule has 2 spiro atoms. The summed E-state index contributed by atoms with van der Waals surface area (Å²) >= 11 is 0. The highest BCUT2D eigenvalue weighted by Crippen LogP contribution is 2.89. The molecule has 7 heteroatoms. The van der Waals surface area contributed by atoms with Gasteiger partial charge in [-0.25, -0.2) is 0 Å². The van der Waals surface area contributed by atoms with Gasteiger partial charge in [0.1, 0.15) is 6.10 Å². The SMILES string of the molecule is C#C.C#C.CC(=O)O[C@H]1CCC23C(CCC4C5CC6OC(O)(C(F)(F)F)CCC6[C@@]5(C)CC[C@]42[C@@H]3C)C1(C)C. The summed E-state index contributed by atoms with van der Waals surface area (Å²) in [6.07, 6.45) is 17.7. The van der Waals surface area contributed by atoms with Crippen molar-refractivity contribution in [2.45, 2.75) is 117 Å². The number of carbonyl (C=O) groups excluding carboxylic acids is 1. The zero-order chi connectivity index (χ0) is 29.4. The van der Waals surface area contributed by atoms with Crippen LogP contribution in [0, 0.1) is 76.9 Å². The van der Waals surface area contributed by atoms with E-state index in [-0.39, 0.29) is 46.1 Å². The van der Waals surface area contributed by atoms with Crippen LogP contribution < -0.4 is 0 Å². The van der Waals surface area contributed by atoms with Crippen LogP contribution in [0.5, 0.6) is 0 Å². The van der Waals surface area contributed by atoms with Crippen LogP contribution in [0.3, 0.4) is 0 Å². The van der Waals surface area contributed by atoms with Crippen molar-refractivity contribution in [1.82, 2.24) is 0 Å². The molecule has 0 aromatic carbocycles. The molecule has 7 unspecified atom stereocenters. The van der Waals surface area contributed by atoms with E-state index in [4.69, 9.17) is 9.47 Å². The Balaban J connectivity index is 0.000000845. The Labute approximate surface area is 232 Å². The molecule has 0 radical (unpaired) electrons. The monoisotopic (exact) mass is 550 g/mol. The lowest BCUT2D eigenvalue weighted by Gasteiger charge is -2.59. The third kappa shape index (κ3) is 3.71. The summed E-state index contributed by atoms with van der Waals surface area (Å²) in [5.74, 6) is -1.18. The third-order valence-electron chi connectivity index (χ3n) is 13.0. The van der Waals surface area contributed by atoms with Crippen LogP contribution in [-0.4, -0.2) is 35.2 Å². The first kappa shape index (κ1) is 30.3. The van der Waals surface area contributed by atoms with Crippen molar-refractivity contribution in [3.05, 3.63) is 0 Å². The number of alkyl halides is 3. The summed E-state index contributed by atoms with van der Waals surface area (Å²) in [7, 11) is 0. The van der Waals surface area contributed by atoms with Crippen molar-refractivity contribution in [2.24, 2.45) is 51.2 Å². The molecule has 6 aliphatic rings. The summed E-state index contributed by atoms with van der Waals surface area (Å²) in [6.45, 7) is 10.8. The quantitative estimate of drug-likeness (QED) is 0.290. The van der Waals surface area contributed by atoms with E-state index in [1.54, 1.807) is 0 Å². The Morgan fingerprint density at radius 2 is 1.54 bits per heavy atom. The van der Waals surface area contributed by atoms with Crippen LogP contribution >= 0.6 is 0 Å². The lowest BCUT2D eigenvalue weighted by Crippen LogP contribution is -2.56. The largest absolute Gasteiger partial charge is 0.462 e. The average molecular weight is 551 g/mol. The molecule has 1 heterocycles. The highest BCUT2D eigenvalue weighted by Gasteiger charge is 2.85. The standard InChI is InChI=1S/C28H41F3O4.2C2H2/c1-15-25-13-12-24(5)18-8-11-27(33,28(29,30)31)35-20(18)14-19(24)17(25)6-7-21-23(3,4)22(34-16(2)32)9-10-26(15,21)25;2*1-2/h15,17-22,33H,6-14H2,1-5H3;2*1-2H/t15-,17?,18?,19?,20?,21?,22-,24+,25-,26?,27?;;/m0../s1. The van der Waals surface area contributed by atoms with Crippen molar-refractivity contribution < 1.29 is 32.5 Å². The van der Waals surface area contributed by atoms with Crippen LogP contribution in [0.2, 0.25) is 0 Å². The second-order valence-corrected chi connectivity index (χ2v) is 13.9. The van der Waals surface area contributed by atoms with Gasteiger partial charge < -0.3 is 14.6 Å². The van der Waals surface area contributed by atoms with E-state index in [0.717, 1.165) is 38.5 Å². The van der Waals surface area contributed by atoms with Gasteiger partial charge in [0, 0.05) is 18.8 Å². The van der Waals surface area contributed by atoms with Gasteiger partial charge in [0.05, 0.1) is 6.10 Å². The molecule has 218 valence electrons. The van der Waals surface area contributed by atoms with E-state index in [2.05, 4.69) is 53.4 Å². The zero-order valence-electron chi connectivity index (χ0n) is 24.0. The fourth-order valence-electron chi connectivity index (χ4n) is 11.6. The Bertz CT molecular complexity index is 1010. The first-order valence-corrected chi connectivity index (χ1v) is 14.5. The molecule has 0 bridgehead atoms. The van der Waals surface area contributed by atoms with Gasteiger partial charge in [0.15, 0.2) is 0 Å². The maximum atomic E-state index is 13.6. The molecule has 5 aliphatic carbocycles. The number of halogens is 3. The number of fused-ring (bicyclic) bond motifs is 4. The number of ether oxygens (including phenoxy) is 2. The molecular formula is C32H45F3O4. The third-order valence-corrected chi connectivity index (χ3v) is 13.0. The topological polar surface area (TPSA) is 55.8 Å². The van der Waals surface area contributed by atoms with E-state index < -0.39 is 18.1 Å². The number of carbonyl (C=O) groups is 1. The fourth-order valence-corrected chi connectivity index (χ4v) is 11.6. The van der Waals surface area contributed by atoms with Crippen molar-refractivity contribution in [1.29, 1.82) is 0 Å². The molecule has 1 saturated heterocycles. The van der Waals surface area contributed by atoms with Crippen molar-refractivity contribution in [3.63, 3.8) is 0 Å². The van der Waals surface area contributed by atoms with E-state index in [1.807, 2.05) is 0 Å². The molecule has 11 atom stereocenters. The zero-order valence-corrected chi connectivity index (χ0v) is 24.0. The Morgan fingerprint density at radius 1 is 0.897 bits per heavy atom. The summed E-state index contributed by atoms with van der Waals surface area (Å²) in [5.41, 5.74) is 0.392. The van der Waals surface area contributed by atoms with Crippen molar-refractivity contribution >= 4 is 5.97 Å². The van der Waals surface area contributed by atoms with E-state index in [0.29, 0.717) is 36.5 Å². The van der Waals surface area contributed by atoms with Crippen molar-refractivity contribution in [2.75, 3.05) is 0 Å². The fraction of sp³-hybridized carbons (Fsp3) is 0.844. The molecule has 0 amide bonds. The second-order valence-electron chi connectivity index (χ2n) is 13.9. The second kappa shape index (κ2) is 9.42. The number of aliphatic hydroxyl groups is 1. The molecule has 0 aromatic heterocycles. The number of hydrogen-bond donors (Lipinski definition) is 1. The van der Waals surface area contributed by atoms with Crippen LogP contribution in [0.1, 0.15) is 92.4 Å². The van der Waals surface area contributed by atoms with Crippen LogP contribution in [0.15, 0.2) is 0 Å². The van der Waals surface area contributed by atoms with Crippen molar-refractivity contribution in [3.8, 4) is 25.7 Å². The smallest absolute Gasteiger partial charge is 0.443 e. The first-order valence-electron chi connectivity index (χ1n) is 14.5. The van der Waals surface area contributed by atoms with E-state index >= 15 is 0 Å². The van der Waals surface area contributed by atoms with Gasteiger partial charge in [-0.1, -0.05) is 27.7 Å². The summed E-state index contributed by atoms with van der Waals surface area (Å²) in [4.78, 5) is 11.8. The predicted octanol–water partition coefficient (Wildman–Crippen LogP) is 6.75. The highest BCUT2D eigenvalue weighted by atomic mass is 19.4.